The van der Waals surface area contributed by atoms with E-state index in [0.29, 0.717) is 6.61 Å². The average molecular weight is 646 g/mol. The van der Waals surface area contributed by atoms with Gasteiger partial charge < -0.3 is 18.0 Å². The van der Waals surface area contributed by atoms with Crippen LogP contribution in [0.5, 0.6) is 0 Å². The summed E-state index contributed by atoms with van der Waals surface area (Å²) in [6, 6.07) is 8.45. The number of benzene rings is 1. The third-order valence-electron chi connectivity index (χ3n) is 9.67. The van der Waals surface area contributed by atoms with Crippen LogP contribution in [-0.2, 0) is 24.4 Å². The molecule has 1 aliphatic rings. The predicted octanol–water partition coefficient (Wildman–Crippen LogP) is 9.56. The Balaban J connectivity index is 2.54. The first-order chi connectivity index (χ1) is 16.9. The fourth-order valence-corrected chi connectivity index (χ4v) is 7.91. The van der Waals surface area contributed by atoms with E-state index in [1.165, 1.54) is 5.56 Å². The van der Waals surface area contributed by atoms with Crippen LogP contribution in [-0.4, -0.2) is 56.0 Å². The van der Waals surface area contributed by atoms with Gasteiger partial charge in [0.25, 0.3) is 0 Å². The number of ether oxygens (including phenoxy) is 1. The zero-order valence-corrected chi connectivity index (χ0v) is 31.6. The monoisotopic (exact) mass is 644 g/mol. The highest BCUT2D eigenvalue weighted by atomic mass is 79.9. The minimum Gasteiger partial charge on any atom is -0.414 e. The van der Waals surface area contributed by atoms with Crippen LogP contribution in [0.15, 0.2) is 28.7 Å². The van der Waals surface area contributed by atoms with Crippen molar-refractivity contribution in [1.82, 2.24) is 0 Å². The first kappa shape index (κ1) is 34.4. The summed E-state index contributed by atoms with van der Waals surface area (Å²) in [6.45, 7) is 35.2. The SMILES string of the molecule is CC(C)(C)[Si](C)(C)OC[C@H]1O[C@@H](Cc2ccccc2Br)[C@H](O[Si](C)(C)C(C)(C)C)[C@@H]1O[Si](C)(C)C(C)(C)C. The van der Waals surface area contributed by atoms with Crippen LogP contribution in [0.1, 0.15) is 67.9 Å². The van der Waals surface area contributed by atoms with Crippen molar-refractivity contribution in [2.24, 2.45) is 0 Å². The molecular weight excluding hydrogens is 588 g/mol. The highest BCUT2D eigenvalue weighted by Gasteiger charge is 2.54. The minimum absolute atomic E-state index is 0.0832. The fourth-order valence-electron chi connectivity index (χ4n) is 3.81. The third kappa shape index (κ3) is 8.14. The molecule has 0 aliphatic carbocycles. The van der Waals surface area contributed by atoms with Crippen molar-refractivity contribution in [3.63, 3.8) is 0 Å². The normalized spacial score (nSPS) is 24.2. The van der Waals surface area contributed by atoms with E-state index in [2.05, 4.69) is 142 Å². The zero-order chi connectivity index (χ0) is 29.5. The van der Waals surface area contributed by atoms with Crippen LogP contribution in [0.3, 0.4) is 0 Å². The highest BCUT2D eigenvalue weighted by Crippen LogP contribution is 2.45. The third-order valence-corrected chi connectivity index (χ3v) is 23.9. The fraction of sp³-hybridized carbons (Fsp3) is 0.800. The molecule has 0 unspecified atom stereocenters. The van der Waals surface area contributed by atoms with E-state index in [1.807, 2.05) is 0 Å². The van der Waals surface area contributed by atoms with Gasteiger partial charge in [-0.3, -0.25) is 0 Å². The maximum absolute atomic E-state index is 7.24. The second kappa shape index (κ2) is 11.8. The van der Waals surface area contributed by atoms with E-state index in [-0.39, 0.29) is 39.5 Å². The van der Waals surface area contributed by atoms with E-state index >= 15 is 0 Å². The molecule has 0 saturated carbocycles. The molecule has 0 N–H and O–H groups in total. The maximum Gasteiger partial charge on any atom is 0.192 e. The minimum atomic E-state index is -2.12. The molecule has 0 spiro atoms. The van der Waals surface area contributed by atoms with Gasteiger partial charge in [-0.2, -0.15) is 0 Å². The van der Waals surface area contributed by atoms with Gasteiger partial charge in [-0.05, 0) is 66.0 Å². The molecule has 2 rings (SSSR count). The summed E-state index contributed by atoms with van der Waals surface area (Å²) in [5, 5.41) is 0.300. The largest absolute Gasteiger partial charge is 0.414 e. The van der Waals surface area contributed by atoms with Gasteiger partial charge in [0, 0.05) is 10.9 Å². The number of halogens is 1. The lowest BCUT2D eigenvalue weighted by Crippen LogP contribution is -2.55. The Morgan fingerprint density at radius 3 is 1.53 bits per heavy atom. The molecule has 0 amide bonds. The van der Waals surface area contributed by atoms with E-state index in [4.69, 9.17) is 18.0 Å². The molecule has 1 heterocycles. The van der Waals surface area contributed by atoms with E-state index in [0.717, 1.165) is 10.9 Å². The van der Waals surface area contributed by atoms with Gasteiger partial charge in [-0.1, -0.05) is 96.4 Å². The van der Waals surface area contributed by atoms with E-state index in [9.17, 15) is 0 Å². The zero-order valence-electron chi connectivity index (χ0n) is 27.0. The van der Waals surface area contributed by atoms with Crippen LogP contribution < -0.4 is 0 Å². The van der Waals surface area contributed by atoms with Crippen molar-refractivity contribution in [3.8, 4) is 0 Å². The summed E-state index contributed by atoms with van der Waals surface area (Å²) in [5.74, 6) is 0. The summed E-state index contributed by atoms with van der Waals surface area (Å²) in [6.07, 6.45) is 0.188. The molecule has 4 atom stereocenters. The molecule has 220 valence electrons. The lowest BCUT2D eigenvalue weighted by atomic mass is 10.0. The molecule has 4 nitrogen and oxygen atoms in total. The van der Waals surface area contributed by atoms with Gasteiger partial charge in [-0.15, -0.1) is 0 Å². The van der Waals surface area contributed by atoms with Crippen molar-refractivity contribution in [2.45, 2.75) is 148 Å². The van der Waals surface area contributed by atoms with Crippen molar-refractivity contribution >= 4 is 40.9 Å². The predicted molar refractivity (Wildman–Crippen MR) is 174 cm³/mol. The van der Waals surface area contributed by atoms with Crippen LogP contribution in [0.4, 0.5) is 0 Å². The molecule has 8 heteroatoms. The Kier molecular flexibility index (Phi) is 10.7. The summed E-state index contributed by atoms with van der Waals surface area (Å²) in [7, 11) is -6.20. The Hall–Kier alpha value is 0.191. The average Bonchev–Trinajstić information content (AvgIpc) is 3.01. The van der Waals surface area contributed by atoms with Crippen LogP contribution >= 0.6 is 15.9 Å². The lowest BCUT2D eigenvalue weighted by Gasteiger charge is -2.44. The summed E-state index contributed by atoms with van der Waals surface area (Å²) in [4.78, 5) is 0. The smallest absolute Gasteiger partial charge is 0.192 e. The number of hydrogen-bond donors (Lipinski definition) is 0. The van der Waals surface area contributed by atoms with Crippen molar-refractivity contribution < 1.29 is 18.0 Å². The van der Waals surface area contributed by atoms with Gasteiger partial charge in [0.1, 0.15) is 12.2 Å². The second-order valence-electron chi connectivity index (χ2n) is 15.8. The van der Waals surface area contributed by atoms with Gasteiger partial charge in [0.2, 0.25) is 0 Å². The number of hydrogen-bond acceptors (Lipinski definition) is 4. The van der Waals surface area contributed by atoms with E-state index < -0.39 is 25.0 Å². The topological polar surface area (TPSA) is 36.9 Å². The van der Waals surface area contributed by atoms with Crippen LogP contribution in [0, 0.1) is 0 Å². The van der Waals surface area contributed by atoms with Gasteiger partial charge in [-0.25, -0.2) is 0 Å². The maximum atomic E-state index is 7.24. The molecule has 0 radical (unpaired) electrons. The van der Waals surface area contributed by atoms with Crippen molar-refractivity contribution in [3.05, 3.63) is 34.3 Å². The van der Waals surface area contributed by atoms with Gasteiger partial charge in [0.05, 0.1) is 18.8 Å². The lowest BCUT2D eigenvalue weighted by molar-refractivity contribution is -0.0160. The Morgan fingerprint density at radius 2 is 1.11 bits per heavy atom. The van der Waals surface area contributed by atoms with Crippen LogP contribution in [0.2, 0.25) is 54.4 Å². The van der Waals surface area contributed by atoms with Crippen LogP contribution in [0.25, 0.3) is 0 Å². The molecule has 1 aromatic carbocycles. The molecule has 1 fully saturated rings. The second-order valence-corrected chi connectivity index (χ2v) is 30.9. The molecular formula is C30H57BrO4Si3. The summed E-state index contributed by atoms with van der Waals surface area (Å²) in [5.41, 5.74) is 1.23. The van der Waals surface area contributed by atoms with Gasteiger partial charge >= 0.3 is 0 Å². The first-order valence-electron chi connectivity index (χ1n) is 14.3. The molecule has 1 aromatic rings. The Labute approximate surface area is 246 Å². The quantitative estimate of drug-likeness (QED) is 0.251. The molecule has 1 aliphatic heterocycles. The first-order valence-corrected chi connectivity index (χ1v) is 23.8. The van der Waals surface area contributed by atoms with E-state index in [1.54, 1.807) is 0 Å². The Morgan fingerprint density at radius 1 is 0.684 bits per heavy atom. The molecule has 1 saturated heterocycles. The van der Waals surface area contributed by atoms with Crippen molar-refractivity contribution in [2.75, 3.05) is 6.61 Å². The summed E-state index contributed by atoms with van der Waals surface area (Å²) < 4.78 is 29.3. The van der Waals surface area contributed by atoms with Gasteiger partial charge in [0.15, 0.2) is 25.0 Å². The Bertz CT molecular complexity index is 929. The number of rotatable bonds is 9. The molecule has 0 aromatic heterocycles. The molecule has 0 bridgehead atoms. The highest BCUT2D eigenvalue weighted by molar-refractivity contribution is 9.10. The standard InChI is InChI=1S/C30H57BrO4Si3/c1-28(2,3)36(10,11)32-21-25-27(35-38(14,15)30(7,8)9)26(34-37(12,13)29(4,5)6)24(33-25)20-22-18-16-17-19-23(22)31/h16-19,24-27H,20-21H2,1-15H3/t24-,25+,26-,27+/m0/s1. The summed E-state index contributed by atoms with van der Waals surface area (Å²) >= 11 is 3.77. The molecule has 38 heavy (non-hydrogen) atoms. The van der Waals surface area contributed by atoms with Crippen molar-refractivity contribution in [1.29, 1.82) is 0 Å².